The molecule has 0 spiro atoms. The van der Waals surface area contributed by atoms with Gasteiger partial charge in [0.15, 0.2) is 0 Å². The zero-order chi connectivity index (χ0) is 15.6. The van der Waals surface area contributed by atoms with Gasteiger partial charge in [0.2, 0.25) is 0 Å². The Morgan fingerprint density at radius 1 is 1.00 bits per heavy atom. The van der Waals surface area contributed by atoms with E-state index in [1.54, 1.807) is 0 Å². The van der Waals surface area contributed by atoms with E-state index in [2.05, 4.69) is 45.9 Å². The molecule has 112 valence electrons. The minimum absolute atomic E-state index is 0.0446. The summed E-state index contributed by atoms with van der Waals surface area (Å²) in [4.78, 5) is 0. The zero-order valence-electron chi connectivity index (χ0n) is 13.6. The molecule has 2 N–H and O–H groups in total. The third kappa shape index (κ3) is 3.85. The highest BCUT2D eigenvalue weighted by Gasteiger charge is 2.19. The summed E-state index contributed by atoms with van der Waals surface area (Å²) in [7, 11) is 0. The van der Waals surface area contributed by atoms with Crippen LogP contribution in [0.3, 0.4) is 0 Å². The molecule has 0 heterocycles. The van der Waals surface area contributed by atoms with Crippen LogP contribution in [0, 0.1) is 6.92 Å². The molecule has 0 radical (unpaired) electrons. The van der Waals surface area contributed by atoms with Crippen molar-refractivity contribution in [2.45, 2.75) is 46.1 Å². The fourth-order valence-electron chi connectivity index (χ4n) is 2.30. The van der Waals surface area contributed by atoms with Crippen LogP contribution in [0.4, 0.5) is 0 Å². The quantitative estimate of drug-likeness (QED) is 0.850. The summed E-state index contributed by atoms with van der Waals surface area (Å²) in [6.07, 6.45) is 0. The average molecular weight is 283 g/mol. The van der Waals surface area contributed by atoms with E-state index in [9.17, 15) is 0 Å². The van der Waals surface area contributed by atoms with E-state index in [0.717, 1.165) is 17.1 Å². The van der Waals surface area contributed by atoms with Crippen molar-refractivity contribution in [3.63, 3.8) is 0 Å². The van der Waals surface area contributed by atoms with Gasteiger partial charge in [0.25, 0.3) is 0 Å². The van der Waals surface area contributed by atoms with Crippen LogP contribution in [0.1, 0.15) is 50.4 Å². The van der Waals surface area contributed by atoms with Crippen LogP contribution in [-0.4, -0.2) is 0 Å². The molecule has 2 aromatic rings. The maximum atomic E-state index is 6.11. The van der Waals surface area contributed by atoms with Crippen LogP contribution < -0.4 is 10.5 Å². The van der Waals surface area contributed by atoms with Crippen LogP contribution in [-0.2, 0) is 5.41 Å². The van der Waals surface area contributed by atoms with Crippen LogP contribution in [0.25, 0.3) is 0 Å². The molecule has 0 fully saturated rings. The van der Waals surface area contributed by atoms with Crippen molar-refractivity contribution in [2.24, 2.45) is 5.73 Å². The van der Waals surface area contributed by atoms with Gasteiger partial charge in [-0.2, -0.15) is 0 Å². The molecule has 0 saturated carbocycles. The second kappa shape index (κ2) is 5.90. The van der Waals surface area contributed by atoms with Crippen molar-refractivity contribution in [1.29, 1.82) is 0 Å². The Balaban J connectivity index is 2.32. The lowest BCUT2D eigenvalue weighted by atomic mass is 9.86. The van der Waals surface area contributed by atoms with Crippen molar-refractivity contribution < 1.29 is 4.74 Å². The lowest BCUT2D eigenvalue weighted by Gasteiger charge is -2.23. The van der Waals surface area contributed by atoms with Crippen LogP contribution >= 0.6 is 0 Å². The van der Waals surface area contributed by atoms with E-state index >= 15 is 0 Å². The summed E-state index contributed by atoms with van der Waals surface area (Å²) in [6, 6.07) is 14.4. The van der Waals surface area contributed by atoms with E-state index in [-0.39, 0.29) is 11.5 Å². The molecule has 0 amide bonds. The molecule has 0 aliphatic rings. The molecule has 0 bridgehead atoms. The number of rotatable bonds is 3. The summed E-state index contributed by atoms with van der Waals surface area (Å²) in [6.45, 7) is 10.7. The van der Waals surface area contributed by atoms with E-state index in [1.807, 2.05) is 31.2 Å². The summed E-state index contributed by atoms with van der Waals surface area (Å²) in [5, 5.41) is 0. The molecule has 0 saturated heterocycles. The van der Waals surface area contributed by atoms with Gasteiger partial charge in [-0.1, -0.05) is 45.0 Å². The first-order valence-corrected chi connectivity index (χ1v) is 7.42. The first kappa shape index (κ1) is 15.6. The maximum Gasteiger partial charge on any atom is 0.131 e. The van der Waals surface area contributed by atoms with Gasteiger partial charge >= 0.3 is 0 Å². The molecule has 2 aromatic carbocycles. The number of ether oxygens (including phenoxy) is 1. The smallest absolute Gasteiger partial charge is 0.131 e. The van der Waals surface area contributed by atoms with E-state index in [4.69, 9.17) is 10.5 Å². The first-order valence-electron chi connectivity index (χ1n) is 7.42. The molecule has 1 atom stereocenters. The summed E-state index contributed by atoms with van der Waals surface area (Å²) >= 11 is 0. The second-order valence-corrected chi connectivity index (χ2v) is 6.71. The number of benzene rings is 2. The van der Waals surface area contributed by atoms with Crippen molar-refractivity contribution in [2.75, 3.05) is 0 Å². The van der Waals surface area contributed by atoms with Crippen molar-refractivity contribution in [1.82, 2.24) is 0 Å². The highest BCUT2D eigenvalue weighted by Crippen LogP contribution is 2.35. The molecular formula is C19H25NO. The van der Waals surface area contributed by atoms with E-state index in [0.29, 0.717) is 0 Å². The van der Waals surface area contributed by atoms with E-state index < -0.39 is 0 Å². The Bertz CT molecular complexity index is 606. The van der Waals surface area contributed by atoms with Crippen LogP contribution in [0.2, 0.25) is 0 Å². The Morgan fingerprint density at radius 3 is 2.14 bits per heavy atom. The number of nitrogens with two attached hydrogens (primary N) is 1. The van der Waals surface area contributed by atoms with Gasteiger partial charge in [0.05, 0.1) is 0 Å². The SMILES string of the molecule is Cc1ccc(C(C)(C)C)c(Oc2ccc([C@@H](C)N)cc2)c1. The maximum absolute atomic E-state index is 6.11. The molecule has 0 unspecified atom stereocenters. The van der Waals surface area contributed by atoms with Crippen molar-refractivity contribution in [3.05, 3.63) is 59.2 Å². The summed E-state index contributed by atoms with van der Waals surface area (Å²) in [5.41, 5.74) is 9.45. The monoisotopic (exact) mass is 283 g/mol. The van der Waals surface area contributed by atoms with Crippen LogP contribution in [0.5, 0.6) is 11.5 Å². The molecule has 0 aromatic heterocycles. The number of aryl methyl sites for hydroxylation is 1. The Kier molecular flexibility index (Phi) is 4.38. The topological polar surface area (TPSA) is 35.2 Å². The molecule has 0 aliphatic heterocycles. The van der Waals surface area contributed by atoms with Gasteiger partial charge in [-0.05, 0) is 48.6 Å². The third-order valence-corrected chi connectivity index (χ3v) is 3.58. The molecule has 2 nitrogen and oxygen atoms in total. The van der Waals surface area contributed by atoms with Crippen LogP contribution in [0.15, 0.2) is 42.5 Å². The van der Waals surface area contributed by atoms with Crippen molar-refractivity contribution in [3.8, 4) is 11.5 Å². The Labute approximate surface area is 127 Å². The second-order valence-electron chi connectivity index (χ2n) is 6.71. The third-order valence-electron chi connectivity index (χ3n) is 3.58. The van der Waals surface area contributed by atoms with E-state index in [1.165, 1.54) is 11.1 Å². The Morgan fingerprint density at radius 2 is 1.62 bits per heavy atom. The largest absolute Gasteiger partial charge is 0.457 e. The summed E-state index contributed by atoms with van der Waals surface area (Å²) < 4.78 is 6.11. The average Bonchev–Trinajstić information content (AvgIpc) is 2.38. The lowest BCUT2D eigenvalue weighted by molar-refractivity contribution is 0.454. The minimum atomic E-state index is 0.0446. The normalized spacial score (nSPS) is 13.0. The minimum Gasteiger partial charge on any atom is -0.457 e. The van der Waals surface area contributed by atoms with Gasteiger partial charge in [-0.3, -0.25) is 0 Å². The fourth-order valence-corrected chi connectivity index (χ4v) is 2.30. The highest BCUT2D eigenvalue weighted by molar-refractivity contribution is 5.44. The molecule has 21 heavy (non-hydrogen) atoms. The van der Waals surface area contributed by atoms with Gasteiger partial charge in [-0.25, -0.2) is 0 Å². The molecule has 0 aliphatic carbocycles. The Hall–Kier alpha value is -1.80. The predicted octanol–water partition coefficient (Wildman–Crippen LogP) is 5.10. The number of hydrogen-bond donors (Lipinski definition) is 1. The fraction of sp³-hybridized carbons (Fsp3) is 0.368. The highest BCUT2D eigenvalue weighted by atomic mass is 16.5. The van der Waals surface area contributed by atoms with Gasteiger partial charge in [0.1, 0.15) is 11.5 Å². The predicted molar refractivity (Wildman–Crippen MR) is 89.0 cm³/mol. The summed E-state index contributed by atoms with van der Waals surface area (Å²) in [5.74, 6) is 1.77. The zero-order valence-corrected chi connectivity index (χ0v) is 13.6. The van der Waals surface area contributed by atoms with Gasteiger partial charge < -0.3 is 10.5 Å². The standard InChI is InChI=1S/C19H25NO/c1-13-6-11-17(19(3,4)5)18(12-13)21-16-9-7-15(8-10-16)14(2)20/h6-12,14H,20H2,1-5H3/t14-/m1/s1. The van der Waals surface area contributed by atoms with Crippen molar-refractivity contribution >= 4 is 0 Å². The lowest BCUT2D eigenvalue weighted by Crippen LogP contribution is -2.12. The molecule has 2 heteroatoms. The van der Waals surface area contributed by atoms with Gasteiger partial charge in [0, 0.05) is 11.6 Å². The molecule has 2 rings (SSSR count). The van der Waals surface area contributed by atoms with Gasteiger partial charge in [-0.15, -0.1) is 0 Å². The molecular weight excluding hydrogens is 258 g/mol. The number of hydrogen-bond acceptors (Lipinski definition) is 2. The first-order chi connectivity index (χ1) is 9.77.